The van der Waals surface area contributed by atoms with Crippen molar-refractivity contribution < 1.29 is 22.7 Å². The quantitative estimate of drug-likeness (QED) is 0.693. The number of rotatable bonds is 8. The van der Waals surface area contributed by atoms with Crippen LogP contribution in [-0.4, -0.2) is 44.9 Å². The molecule has 2 aromatic carbocycles. The highest BCUT2D eigenvalue weighted by molar-refractivity contribution is 7.89. The van der Waals surface area contributed by atoms with Gasteiger partial charge in [0.15, 0.2) is 11.5 Å². The Balaban J connectivity index is 1.63. The van der Waals surface area contributed by atoms with Crippen molar-refractivity contribution in [3.8, 4) is 11.5 Å². The highest BCUT2D eigenvalue weighted by Crippen LogP contribution is 2.31. The van der Waals surface area contributed by atoms with E-state index in [1.165, 1.54) is 4.31 Å². The summed E-state index contributed by atoms with van der Waals surface area (Å²) in [6, 6.07) is 11.9. The van der Waals surface area contributed by atoms with Crippen molar-refractivity contribution in [2.75, 3.05) is 26.3 Å². The van der Waals surface area contributed by atoms with Gasteiger partial charge in [-0.25, -0.2) is 8.42 Å². The Morgan fingerprint density at radius 2 is 1.67 bits per heavy atom. The maximum absolute atomic E-state index is 12.6. The molecule has 2 aromatic rings. The normalized spacial score (nSPS) is 14.4. The number of hydrogen-bond donors (Lipinski definition) is 1. The summed E-state index contributed by atoms with van der Waals surface area (Å²) in [7, 11) is -3.49. The van der Waals surface area contributed by atoms with E-state index in [-0.39, 0.29) is 23.3 Å². The maximum Gasteiger partial charge on any atom is 0.243 e. The molecule has 162 valence electrons. The Kier molecular flexibility index (Phi) is 6.99. The van der Waals surface area contributed by atoms with E-state index in [9.17, 15) is 13.2 Å². The van der Waals surface area contributed by atoms with Gasteiger partial charge >= 0.3 is 0 Å². The minimum Gasteiger partial charge on any atom is -0.486 e. The van der Waals surface area contributed by atoms with Crippen LogP contribution in [0.3, 0.4) is 0 Å². The molecule has 7 nitrogen and oxygen atoms in total. The summed E-state index contributed by atoms with van der Waals surface area (Å²) >= 11 is 0. The number of hydrogen-bond acceptors (Lipinski definition) is 5. The minimum atomic E-state index is -3.49. The molecular weight excluding hydrogens is 404 g/mol. The minimum absolute atomic E-state index is 0.126. The molecule has 0 spiro atoms. The van der Waals surface area contributed by atoms with Gasteiger partial charge in [0, 0.05) is 13.1 Å². The Morgan fingerprint density at radius 1 is 1.03 bits per heavy atom. The van der Waals surface area contributed by atoms with Gasteiger partial charge < -0.3 is 14.8 Å². The first kappa shape index (κ1) is 22.1. The Hall–Kier alpha value is -2.58. The van der Waals surface area contributed by atoms with E-state index in [0.717, 1.165) is 11.1 Å². The first-order valence-corrected chi connectivity index (χ1v) is 11.6. The molecule has 0 radical (unpaired) electrons. The number of benzene rings is 2. The summed E-state index contributed by atoms with van der Waals surface area (Å²) in [6.45, 7) is 7.37. The molecule has 3 rings (SSSR count). The zero-order valence-corrected chi connectivity index (χ0v) is 18.4. The topological polar surface area (TPSA) is 84.9 Å². The van der Waals surface area contributed by atoms with Gasteiger partial charge in [-0.1, -0.05) is 32.0 Å². The average Bonchev–Trinajstić information content (AvgIpc) is 2.74. The number of amides is 1. The van der Waals surface area contributed by atoms with Gasteiger partial charge in [-0.3, -0.25) is 4.79 Å². The molecule has 1 heterocycles. The average molecular weight is 433 g/mol. The fourth-order valence-corrected chi connectivity index (χ4v) is 4.86. The van der Waals surface area contributed by atoms with Crippen molar-refractivity contribution >= 4 is 15.9 Å². The van der Waals surface area contributed by atoms with Gasteiger partial charge in [0.2, 0.25) is 15.9 Å². The standard InChI is InChI=1S/C22H28N2O5S/c1-4-24(5-2)30(26,27)19-9-7-18(8-10-19)16(3)23-22(25)15-17-6-11-20-21(14-17)29-13-12-28-20/h6-11,14,16H,4-5,12-13,15H2,1-3H3,(H,23,25)/t16-/m1/s1. The summed E-state index contributed by atoms with van der Waals surface area (Å²) < 4.78 is 37.7. The smallest absolute Gasteiger partial charge is 0.243 e. The highest BCUT2D eigenvalue weighted by atomic mass is 32.2. The van der Waals surface area contributed by atoms with Crippen LogP contribution >= 0.6 is 0 Å². The zero-order chi connectivity index (χ0) is 21.7. The molecule has 1 amide bonds. The number of fused-ring (bicyclic) bond motifs is 1. The van der Waals surface area contributed by atoms with E-state index >= 15 is 0 Å². The molecule has 0 saturated heterocycles. The van der Waals surface area contributed by atoms with Crippen LogP contribution in [0.15, 0.2) is 47.4 Å². The molecule has 1 aliphatic rings. The van der Waals surface area contributed by atoms with Crippen molar-refractivity contribution in [3.05, 3.63) is 53.6 Å². The van der Waals surface area contributed by atoms with Gasteiger partial charge in [-0.05, 0) is 42.3 Å². The predicted molar refractivity (Wildman–Crippen MR) is 114 cm³/mol. The summed E-state index contributed by atoms with van der Waals surface area (Å²) in [5.41, 5.74) is 1.67. The SMILES string of the molecule is CCN(CC)S(=O)(=O)c1ccc([C@@H](C)NC(=O)Cc2ccc3c(c2)OCCO3)cc1. The Bertz CT molecular complexity index is 985. The third-order valence-electron chi connectivity index (χ3n) is 5.07. The summed E-state index contributed by atoms with van der Waals surface area (Å²) in [5, 5.41) is 2.96. The Morgan fingerprint density at radius 3 is 2.30 bits per heavy atom. The summed E-state index contributed by atoms with van der Waals surface area (Å²) in [6.07, 6.45) is 0.218. The first-order valence-electron chi connectivity index (χ1n) is 10.1. The molecule has 1 N–H and O–H groups in total. The van der Waals surface area contributed by atoms with Crippen LogP contribution in [0.2, 0.25) is 0 Å². The van der Waals surface area contributed by atoms with Gasteiger partial charge in [0.05, 0.1) is 17.4 Å². The van der Waals surface area contributed by atoms with Gasteiger partial charge in [0.1, 0.15) is 13.2 Å². The lowest BCUT2D eigenvalue weighted by atomic mass is 10.1. The second kappa shape index (κ2) is 9.49. The van der Waals surface area contributed by atoms with E-state index < -0.39 is 10.0 Å². The fraction of sp³-hybridized carbons (Fsp3) is 0.409. The van der Waals surface area contributed by atoms with Crippen molar-refractivity contribution in [1.29, 1.82) is 0 Å². The predicted octanol–water partition coefficient (Wildman–Crippen LogP) is 2.91. The van der Waals surface area contributed by atoms with Crippen LogP contribution in [-0.2, 0) is 21.2 Å². The monoisotopic (exact) mass is 432 g/mol. The number of nitrogens with zero attached hydrogens (tertiary/aromatic N) is 1. The van der Waals surface area contributed by atoms with E-state index in [1.54, 1.807) is 24.3 Å². The van der Waals surface area contributed by atoms with Crippen molar-refractivity contribution in [2.45, 2.75) is 38.1 Å². The van der Waals surface area contributed by atoms with Crippen molar-refractivity contribution in [2.24, 2.45) is 0 Å². The van der Waals surface area contributed by atoms with Crippen LogP contribution in [0.4, 0.5) is 0 Å². The molecule has 8 heteroatoms. The van der Waals surface area contributed by atoms with E-state index in [2.05, 4.69) is 5.32 Å². The first-order chi connectivity index (χ1) is 14.3. The molecule has 30 heavy (non-hydrogen) atoms. The number of ether oxygens (including phenoxy) is 2. The molecule has 1 aliphatic heterocycles. The van der Waals surface area contributed by atoms with E-state index in [0.29, 0.717) is 37.8 Å². The number of carbonyl (C=O) groups is 1. The fourth-order valence-electron chi connectivity index (χ4n) is 3.40. The zero-order valence-electron chi connectivity index (χ0n) is 17.6. The van der Waals surface area contributed by atoms with E-state index in [1.807, 2.05) is 39.0 Å². The van der Waals surface area contributed by atoms with Gasteiger partial charge in [-0.15, -0.1) is 0 Å². The number of carbonyl (C=O) groups excluding carboxylic acids is 1. The largest absolute Gasteiger partial charge is 0.486 e. The highest BCUT2D eigenvalue weighted by Gasteiger charge is 2.22. The second-order valence-electron chi connectivity index (χ2n) is 7.10. The van der Waals surface area contributed by atoms with Crippen LogP contribution in [0.1, 0.15) is 37.9 Å². The Labute approximate surface area is 178 Å². The third-order valence-corrected chi connectivity index (χ3v) is 7.14. The number of sulfonamides is 1. The van der Waals surface area contributed by atoms with Crippen LogP contribution in [0, 0.1) is 0 Å². The summed E-state index contributed by atoms with van der Waals surface area (Å²) in [4.78, 5) is 12.7. The summed E-state index contributed by atoms with van der Waals surface area (Å²) in [5.74, 6) is 1.22. The van der Waals surface area contributed by atoms with Gasteiger partial charge in [0.25, 0.3) is 0 Å². The molecule has 0 unspecified atom stereocenters. The second-order valence-corrected chi connectivity index (χ2v) is 9.04. The molecule has 0 bridgehead atoms. The molecule has 0 fully saturated rings. The third kappa shape index (κ3) is 4.94. The molecule has 0 saturated carbocycles. The molecule has 0 aliphatic carbocycles. The maximum atomic E-state index is 12.6. The lowest BCUT2D eigenvalue weighted by Crippen LogP contribution is -2.30. The lowest BCUT2D eigenvalue weighted by molar-refractivity contribution is -0.121. The van der Waals surface area contributed by atoms with Gasteiger partial charge in [-0.2, -0.15) is 4.31 Å². The molecule has 0 aromatic heterocycles. The van der Waals surface area contributed by atoms with Crippen LogP contribution in [0.5, 0.6) is 11.5 Å². The van der Waals surface area contributed by atoms with Crippen molar-refractivity contribution in [1.82, 2.24) is 9.62 Å². The molecule has 1 atom stereocenters. The van der Waals surface area contributed by atoms with E-state index in [4.69, 9.17) is 9.47 Å². The lowest BCUT2D eigenvalue weighted by Gasteiger charge is -2.20. The number of nitrogens with one attached hydrogen (secondary N) is 1. The van der Waals surface area contributed by atoms with Crippen LogP contribution in [0.25, 0.3) is 0 Å². The van der Waals surface area contributed by atoms with Crippen LogP contribution < -0.4 is 14.8 Å². The van der Waals surface area contributed by atoms with Crippen molar-refractivity contribution in [3.63, 3.8) is 0 Å². The molecular formula is C22H28N2O5S.